The molecule has 0 saturated heterocycles. The maximum Gasteiger partial charge on any atom is 0.0927 e. The Kier molecular flexibility index (Phi) is 4.77. The van der Waals surface area contributed by atoms with E-state index in [1.54, 1.807) is 11.3 Å². The van der Waals surface area contributed by atoms with E-state index in [1.807, 2.05) is 5.38 Å². The number of thiophene rings is 1. The molecule has 0 amide bonds. The molecule has 1 heterocycles. The monoisotopic (exact) mass is 227 g/mol. The Labute approximate surface area is 96.1 Å². The maximum absolute atomic E-state index is 10.3. The molecule has 2 nitrogen and oxygen atoms in total. The van der Waals surface area contributed by atoms with Gasteiger partial charge in [0, 0.05) is 10.8 Å². The summed E-state index contributed by atoms with van der Waals surface area (Å²) < 4.78 is 0. The molecule has 15 heavy (non-hydrogen) atoms. The van der Waals surface area contributed by atoms with Crippen molar-refractivity contribution in [2.24, 2.45) is 17.6 Å². The first-order valence-electron chi connectivity index (χ1n) is 5.56. The first-order chi connectivity index (χ1) is 7.11. The molecular formula is C12H21NOS. The first kappa shape index (κ1) is 12.7. The average molecular weight is 227 g/mol. The second-order valence-corrected chi connectivity index (χ2v) is 5.20. The first-order valence-corrected chi connectivity index (χ1v) is 6.44. The van der Waals surface area contributed by atoms with Crippen LogP contribution in [0.1, 0.15) is 37.3 Å². The van der Waals surface area contributed by atoms with E-state index in [9.17, 15) is 5.11 Å². The lowest BCUT2D eigenvalue weighted by Crippen LogP contribution is -2.26. The smallest absolute Gasteiger partial charge is 0.0927 e. The van der Waals surface area contributed by atoms with Crippen LogP contribution in [0.4, 0.5) is 0 Å². The minimum atomic E-state index is -0.398. The number of hydrogen-bond donors (Lipinski definition) is 2. The second-order valence-electron chi connectivity index (χ2n) is 4.25. The molecule has 0 aliphatic carbocycles. The van der Waals surface area contributed by atoms with Crippen LogP contribution in [0.15, 0.2) is 11.4 Å². The molecule has 1 aromatic heterocycles. The Morgan fingerprint density at radius 3 is 2.60 bits per heavy atom. The van der Waals surface area contributed by atoms with Crippen LogP contribution in [0.2, 0.25) is 0 Å². The Morgan fingerprint density at radius 2 is 2.13 bits per heavy atom. The van der Waals surface area contributed by atoms with Gasteiger partial charge in [-0.05, 0) is 35.9 Å². The predicted octanol–water partition coefficient (Wildman–Crippen LogP) is 2.57. The van der Waals surface area contributed by atoms with Gasteiger partial charge in [-0.15, -0.1) is 11.3 Å². The van der Waals surface area contributed by atoms with Crippen LogP contribution in [0.25, 0.3) is 0 Å². The molecular weight excluding hydrogens is 206 g/mol. The van der Waals surface area contributed by atoms with Gasteiger partial charge in [0.05, 0.1) is 6.10 Å². The lowest BCUT2D eigenvalue weighted by Gasteiger charge is -2.25. The summed E-state index contributed by atoms with van der Waals surface area (Å²) in [6.07, 6.45) is 0.579. The summed E-state index contributed by atoms with van der Waals surface area (Å²) in [7, 11) is 0. The van der Waals surface area contributed by atoms with Gasteiger partial charge in [0.1, 0.15) is 0 Å². The Balaban J connectivity index is 2.87. The summed E-state index contributed by atoms with van der Waals surface area (Å²) in [6, 6.07) is 2.09. The number of aliphatic hydroxyl groups excluding tert-OH is 1. The Hall–Kier alpha value is -0.380. The molecule has 0 spiro atoms. The third-order valence-electron chi connectivity index (χ3n) is 2.96. The highest BCUT2D eigenvalue weighted by Gasteiger charge is 2.25. The highest BCUT2D eigenvalue weighted by Crippen LogP contribution is 2.33. The molecule has 2 unspecified atom stereocenters. The third kappa shape index (κ3) is 2.80. The van der Waals surface area contributed by atoms with Crippen LogP contribution >= 0.6 is 11.3 Å². The predicted molar refractivity (Wildman–Crippen MR) is 66.0 cm³/mol. The normalized spacial score (nSPS) is 15.6. The SMILES string of the molecule is CCc1ccsc1C(O)C(CN)C(C)C. The fourth-order valence-electron chi connectivity index (χ4n) is 1.86. The van der Waals surface area contributed by atoms with Gasteiger partial charge in [0.25, 0.3) is 0 Å². The fourth-order valence-corrected chi connectivity index (χ4v) is 2.92. The zero-order valence-corrected chi connectivity index (χ0v) is 10.6. The molecule has 1 aromatic rings. The standard InChI is InChI=1S/C12H21NOS/c1-4-9-5-6-15-12(9)11(14)10(7-13)8(2)3/h5-6,8,10-11,14H,4,7,13H2,1-3H3. The molecule has 2 atom stereocenters. The van der Waals surface area contributed by atoms with Crippen molar-refractivity contribution in [2.45, 2.75) is 33.3 Å². The fraction of sp³-hybridized carbons (Fsp3) is 0.667. The molecule has 0 aromatic carbocycles. The van der Waals surface area contributed by atoms with E-state index in [-0.39, 0.29) is 5.92 Å². The summed E-state index contributed by atoms with van der Waals surface area (Å²) in [4.78, 5) is 1.10. The van der Waals surface area contributed by atoms with E-state index in [1.165, 1.54) is 5.56 Å². The second kappa shape index (κ2) is 5.64. The molecule has 86 valence electrons. The van der Waals surface area contributed by atoms with Crippen molar-refractivity contribution in [2.75, 3.05) is 6.54 Å². The molecule has 0 aliphatic rings. The number of aryl methyl sites for hydroxylation is 1. The molecule has 0 radical (unpaired) electrons. The Morgan fingerprint density at radius 1 is 1.47 bits per heavy atom. The van der Waals surface area contributed by atoms with Gasteiger partial charge in [0.15, 0.2) is 0 Å². The van der Waals surface area contributed by atoms with Gasteiger partial charge in [-0.25, -0.2) is 0 Å². The molecule has 0 saturated carbocycles. The van der Waals surface area contributed by atoms with Gasteiger partial charge in [-0.1, -0.05) is 20.8 Å². The number of rotatable bonds is 5. The molecule has 3 heteroatoms. The quantitative estimate of drug-likeness (QED) is 0.812. The number of nitrogens with two attached hydrogens (primary N) is 1. The summed E-state index contributed by atoms with van der Waals surface area (Å²) in [6.45, 7) is 6.88. The molecule has 0 fully saturated rings. The average Bonchev–Trinajstić information content (AvgIpc) is 2.65. The van der Waals surface area contributed by atoms with Crippen LogP contribution in [0, 0.1) is 11.8 Å². The number of aliphatic hydroxyl groups is 1. The van der Waals surface area contributed by atoms with E-state index in [4.69, 9.17) is 5.73 Å². The van der Waals surface area contributed by atoms with E-state index in [0.29, 0.717) is 12.5 Å². The van der Waals surface area contributed by atoms with Gasteiger partial charge < -0.3 is 10.8 Å². The van der Waals surface area contributed by atoms with E-state index in [2.05, 4.69) is 26.8 Å². The minimum absolute atomic E-state index is 0.161. The summed E-state index contributed by atoms with van der Waals surface area (Å²) >= 11 is 1.64. The molecule has 0 bridgehead atoms. The summed E-state index contributed by atoms with van der Waals surface area (Å²) in [5.41, 5.74) is 6.97. The maximum atomic E-state index is 10.3. The zero-order chi connectivity index (χ0) is 11.4. The molecule has 0 aliphatic heterocycles. The molecule has 3 N–H and O–H groups in total. The third-order valence-corrected chi connectivity index (χ3v) is 3.99. The highest BCUT2D eigenvalue weighted by molar-refractivity contribution is 7.10. The van der Waals surface area contributed by atoms with Crippen LogP contribution in [0.3, 0.4) is 0 Å². The largest absolute Gasteiger partial charge is 0.387 e. The van der Waals surface area contributed by atoms with Crippen molar-refractivity contribution in [3.05, 3.63) is 21.9 Å². The summed E-state index contributed by atoms with van der Waals surface area (Å²) in [5, 5.41) is 12.3. The van der Waals surface area contributed by atoms with Crippen molar-refractivity contribution in [3.63, 3.8) is 0 Å². The van der Waals surface area contributed by atoms with Gasteiger partial charge in [0.2, 0.25) is 0 Å². The van der Waals surface area contributed by atoms with E-state index in [0.717, 1.165) is 11.3 Å². The van der Waals surface area contributed by atoms with Crippen molar-refractivity contribution < 1.29 is 5.11 Å². The van der Waals surface area contributed by atoms with Crippen LogP contribution in [0.5, 0.6) is 0 Å². The van der Waals surface area contributed by atoms with Crippen LogP contribution in [-0.2, 0) is 6.42 Å². The lowest BCUT2D eigenvalue weighted by molar-refractivity contribution is 0.0886. The Bertz CT molecular complexity index is 296. The van der Waals surface area contributed by atoms with Gasteiger partial charge in [-0.3, -0.25) is 0 Å². The van der Waals surface area contributed by atoms with E-state index >= 15 is 0 Å². The zero-order valence-electron chi connectivity index (χ0n) is 9.73. The topological polar surface area (TPSA) is 46.2 Å². The van der Waals surface area contributed by atoms with Crippen molar-refractivity contribution >= 4 is 11.3 Å². The minimum Gasteiger partial charge on any atom is -0.387 e. The highest BCUT2D eigenvalue weighted by atomic mass is 32.1. The van der Waals surface area contributed by atoms with Gasteiger partial charge in [-0.2, -0.15) is 0 Å². The van der Waals surface area contributed by atoms with Crippen LogP contribution in [-0.4, -0.2) is 11.7 Å². The number of hydrogen-bond acceptors (Lipinski definition) is 3. The lowest BCUT2D eigenvalue weighted by atomic mass is 9.88. The molecule has 1 rings (SSSR count). The summed E-state index contributed by atoms with van der Waals surface area (Å²) in [5.74, 6) is 0.575. The van der Waals surface area contributed by atoms with Crippen molar-refractivity contribution in [1.82, 2.24) is 0 Å². The van der Waals surface area contributed by atoms with Crippen molar-refractivity contribution in [1.29, 1.82) is 0 Å². The van der Waals surface area contributed by atoms with Crippen molar-refractivity contribution in [3.8, 4) is 0 Å². The van der Waals surface area contributed by atoms with Crippen LogP contribution < -0.4 is 5.73 Å². The van der Waals surface area contributed by atoms with Gasteiger partial charge >= 0.3 is 0 Å². The van der Waals surface area contributed by atoms with E-state index < -0.39 is 6.10 Å².